The number of hydrogen-bond acceptors (Lipinski definition) is 4. The second kappa shape index (κ2) is 6.57. The molecule has 17 heavy (non-hydrogen) atoms. The Morgan fingerprint density at radius 3 is 2.76 bits per heavy atom. The highest BCUT2D eigenvalue weighted by atomic mass is 16.5. The van der Waals surface area contributed by atoms with Gasteiger partial charge >= 0.3 is 0 Å². The fourth-order valence-electron chi connectivity index (χ4n) is 1.49. The van der Waals surface area contributed by atoms with Crippen LogP contribution in [-0.2, 0) is 10.3 Å². The summed E-state index contributed by atoms with van der Waals surface area (Å²) in [5.74, 6) is 0.776. The molecule has 1 rings (SSSR count). The van der Waals surface area contributed by atoms with E-state index in [0.717, 1.165) is 24.2 Å². The van der Waals surface area contributed by atoms with E-state index < -0.39 is 5.54 Å². The van der Waals surface area contributed by atoms with Crippen molar-refractivity contribution in [1.82, 2.24) is 4.98 Å². The Morgan fingerprint density at radius 1 is 1.35 bits per heavy atom. The summed E-state index contributed by atoms with van der Waals surface area (Å²) >= 11 is 0. The van der Waals surface area contributed by atoms with E-state index in [0.29, 0.717) is 13.2 Å². The molecule has 0 saturated carbocycles. The minimum absolute atomic E-state index is 0.436. The number of methoxy groups -OCH3 is 1. The van der Waals surface area contributed by atoms with Gasteiger partial charge in [-0.25, -0.2) is 0 Å². The molecule has 1 aromatic heterocycles. The largest absolute Gasteiger partial charge is 0.492 e. The number of ether oxygens (including phenoxy) is 2. The number of hydrogen-bond donors (Lipinski definition) is 1. The topological polar surface area (TPSA) is 57.4 Å². The lowest BCUT2D eigenvalue weighted by Gasteiger charge is -2.24. The molecule has 1 atom stereocenters. The lowest BCUT2D eigenvalue weighted by Crippen LogP contribution is -2.34. The van der Waals surface area contributed by atoms with Gasteiger partial charge in [-0.05, 0) is 31.4 Å². The van der Waals surface area contributed by atoms with Crippen molar-refractivity contribution in [2.24, 2.45) is 5.73 Å². The summed E-state index contributed by atoms with van der Waals surface area (Å²) in [4.78, 5) is 4.17. The quantitative estimate of drug-likeness (QED) is 0.790. The van der Waals surface area contributed by atoms with E-state index in [-0.39, 0.29) is 0 Å². The molecular formula is C13H22N2O2. The van der Waals surface area contributed by atoms with Crippen molar-refractivity contribution in [3.8, 4) is 5.75 Å². The van der Waals surface area contributed by atoms with Crippen LogP contribution < -0.4 is 10.5 Å². The Balaban J connectivity index is 2.75. The Hall–Kier alpha value is -1.13. The highest BCUT2D eigenvalue weighted by Crippen LogP contribution is 2.24. The molecule has 1 heterocycles. The second-order valence-corrected chi connectivity index (χ2v) is 4.42. The molecule has 0 aliphatic rings. The van der Waals surface area contributed by atoms with Crippen molar-refractivity contribution in [2.75, 3.05) is 20.3 Å². The average molecular weight is 238 g/mol. The van der Waals surface area contributed by atoms with Crippen LogP contribution in [0.25, 0.3) is 0 Å². The molecule has 4 nitrogen and oxygen atoms in total. The zero-order valence-electron chi connectivity index (χ0n) is 10.9. The van der Waals surface area contributed by atoms with Gasteiger partial charge in [0.05, 0.1) is 12.8 Å². The van der Waals surface area contributed by atoms with Crippen molar-refractivity contribution in [3.63, 3.8) is 0 Å². The summed E-state index contributed by atoms with van der Waals surface area (Å²) < 4.78 is 10.6. The third kappa shape index (κ3) is 4.32. The number of pyridine rings is 1. The number of nitrogens with two attached hydrogens (primary N) is 1. The van der Waals surface area contributed by atoms with Gasteiger partial charge in [-0.2, -0.15) is 0 Å². The molecule has 0 bridgehead atoms. The van der Waals surface area contributed by atoms with Crippen LogP contribution in [0.15, 0.2) is 18.5 Å². The Kier molecular flexibility index (Phi) is 5.38. The van der Waals surface area contributed by atoms with Crippen LogP contribution in [0.3, 0.4) is 0 Å². The standard InChI is InChI=1S/C13H22N2O2/c1-4-6-17-12-8-11(9-15-10-12)13(2,14)5-7-16-3/h8-10H,4-7,14H2,1-3H3. The van der Waals surface area contributed by atoms with Crippen LogP contribution in [0.1, 0.15) is 32.3 Å². The molecule has 0 radical (unpaired) electrons. The lowest BCUT2D eigenvalue weighted by atomic mass is 9.91. The van der Waals surface area contributed by atoms with Gasteiger partial charge in [0, 0.05) is 25.5 Å². The summed E-state index contributed by atoms with van der Waals surface area (Å²) in [5, 5.41) is 0. The van der Waals surface area contributed by atoms with Gasteiger partial charge in [0.15, 0.2) is 0 Å². The van der Waals surface area contributed by atoms with Crippen LogP contribution in [0, 0.1) is 0 Å². The van der Waals surface area contributed by atoms with Gasteiger partial charge < -0.3 is 15.2 Å². The van der Waals surface area contributed by atoms with Gasteiger partial charge in [0.2, 0.25) is 0 Å². The van der Waals surface area contributed by atoms with Gasteiger partial charge in [0.1, 0.15) is 5.75 Å². The zero-order valence-corrected chi connectivity index (χ0v) is 10.9. The van der Waals surface area contributed by atoms with Crippen molar-refractivity contribution >= 4 is 0 Å². The van der Waals surface area contributed by atoms with Crippen LogP contribution in [0.2, 0.25) is 0 Å². The highest BCUT2D eigenvalue weighted by Gasteiger charge is 2.21. The summed E-state index contributed by atoms with van der Waals surface area (Å²) in [6, 6.07) is 1.96. The smallest absolute Gasteiger partial charge is 0.137 e. The van der Waals surface area contributed by atoms with Crippen LogP contribution >= 0.6 is 0 Å². The van der Waals surface area contributed by atoms with Crippen LogP contribution in [-0.4, -0.2) is 25.3 Å². The van der Waals surface area contributed by atoms with Crippen molar-refractivity contribution in [1.29, 1.82) is 0 Å². The molecule has 1 aromatic rings. The average Bonchev–Trinajstić information content (AvgIpc) is 2.34. The lowest BCUT2D eigenvalue weighted by molar-refractivity contribution is 0.171. The maximum atomic E-state index is 6.25. The van der Waals surface area contributed by atoms with Crippen molar-refractivity contribution in [3.05, 3.63) is 24.0 Å². The summed E-state index contributed by atoms with van der Waals surface area (Å²) in [6.45, 7) is 5.38. The minimum atomic E-state index is -0.436. The Labute approximate surface area is 103 Å². The second-order valence-electron chi connectivity index (χ2n) is 4.42. The molecule has 1 unspecified atom stereocenters. The van der Waals surface area contributed by atoms with E-state index in [1.807, 2.05) is 13.0 Å². The maximum Gasteiger partial charge on any atom is 0.137 e. The first kappa shape index (κ1) is 13.9. The Morgan fingerprint density at radius 2 is 2.12 bits per heavy atom. The molecule has 0 spiro atoms. The number of nitrogens with zero attached hydrogens (tertiary/aromatic N) is 1. The Bertz CT molecular complexity index is 340. The van der Waals surface area contributed by atoms with Crippen LogP contribution in [0.4, 0.5) is 0 Å². The monoisotopic (exact) mass is 238 g/mol. The third-order valence-corrected chi connectivity index (χ3v) is 2.67. The highest BCUT2D eigenvalue weighted by molar-refractivity contribution is 5.28. The van der Waals surface area contributed by atoms with E-state index in [4.69, 9.17) is 15.2 Å². The molecular weight excluding hydrogens is 216 g/mol. The molecule has 0 aliphatic carbocycles. The first-order valence-corrected chi connectivity index (χ1v) is 5.96. The predicted octanol–water partition coefficient (Wildman–Crippen LogP) is 2.08. The SMILES string of the molecule is CCCOc1cncc(C(C)(N)CCOC)c1. The molecule has 0 aromatic carbocycles. The molecule has 0 fully saturated rings. The molecule has 0 aliphatic heterocycles. The fourth-order valence-corrected chi connectivity index (χ4v) is 1.49. The van der Waals surface area contributed by atoms with E-state index >= 15 is 0 Å². The maximum absolute atomic E-state index is 6.25. The predicted molar refractivity (Wildman–Crippen MR) is 68.1 cm³/mol. The van der Waals surface area contributed by atoms with Gasteiger partial charge in [-0.15, -0.1) is 0 Å². The fraction of sp³-hybridized carbons (Fsp3) is 0.615. The van der Waals surface area contributed by atoms with E-state index in [1.54, 1.807) is 19.5 Å². The molecule has 4 heteroatoms. The van der Waals surface area contributed by atoms with Gasteiger partial charge in [-0.1, -0.05) is 6.92 Å². The van der Waals surface area contributed by atoms with Gasteiger partial charge in [0.25, 0.3) is 0 Å². The summed E-state index contributed by atoms with van der Waals surface area (Å²) in [7, 11) is 1.68. The van der Waals surface area contributed by atoms with E-state index in [2.05, 4.69) is 11.9 Å². The summed E-state index contributed by atoms with van der Waals surface area (Å²) in [5.41, 5.74) is 6.79. The molecule has 2 N–H and O–H groups in total. The molecule has 0 amide bonds. The summed E-state index contributed by atoms with van der Waals surface area (Å²) in [6.07, 6.45) is 5.23. The van der Waals surface area contributed by atoms with Crippen molar-refractivity contribution in [2.45, 2.75) is 32.2 Å². The minimum Gasteiger partial charge on any atom is -0.492 e. The first-order valence-electron chi connectivity index (χ1n) is 5.96. The normalized spacial score (nSPS) is 14.4. The zero-order chi connectivity index (χ0) is 12.7. The van der Waals surface area contributed by atoms with Crippen LogP contribution in [0.5, 0.6) is 5.75 Å². The number of rotatable bonds is 7. The van der Waals surface area contributed by atoms with E-state index in [1.165, 1.54) is 0 Å². The number of aromatic nitrogens is 1. The third-order valence-electron chi connectivity index (χ3n) is 2.67. The first-order chi connectivity index (χ1) is 8.10. The molecule has 0 saturated heterocycles. The van der Waals surface area contributed by atoms with E-state index in [9.17, 15) is 0 Å². The van der Waals surface area contributed by atoms with Crippen molar-refractivity contribution < 1.29 is 9.47 Å². The van der Waals surface area contributed by atoms with Gasteiger partial charge in [-0.3, -0.25) is 4.98 Å². The molecule has 96 valence electrons.